The number of esters is 1. The summed E-state index contributed by atoms with van der Waals surface area (Å²) >= 11 is 6.72. The van der Waals surface area contributed by atoms with Crippen LogP contribution in [0, 0.1) is 0 Å². The third kappa shape index (κ3) is 6.73. The number of hydrogen-bond donors (Lipinski definition) is 2. The molecule has 0 amide bonds. The number of nitrogens with zero attached hydrogens (tertiary/aromatic N) is 6. The first kappa shape index (κ1) is 31.2. The van der Waals surface area contributed by atoms with Crippen LogP contribution in [0.15, 0.2) is 79.0 Å². The third-order valence-corrected chi connectivity index (χ3v) is 8.61. The number of nitrogens with one attached hydrogen (secondary N) is 2. The number of fused-ring (bicyclic) bond motifs is 1. The molecule has 46 heavy (non-hydrogen) atoms. The summed E-state index contributed by atoms with van der Waals surface area (Å²) in [5.41, 5.74) is 6.83. The predicted octanol–water partition coefficient (Wildman–Crippen LogP) is 6.47. The molecule has 0 aliphatic heterocycles. The number of rotatable bonds is 13. The molecule has 2 N–H and O–H groups in total. The standard InChI is InChI=1S/C35H37ClN8O2/c1-4-5-14-32-38-33(36)31(22-46-35(45)30(43(2)3)19-25-20-37-29-13-9-8-11-27(25)29)44(32)21-23-15-17-24(18-16-23)26-10-6-7-12-28(26)34-39-41-42-40-34/h6-13,15-18,20,30,37H,4-5,14,19,21-22H2,1-3H3,(H,39,40,41,42). The molecule has 0 aliphatic rings. The van der Waals surface area contributed by atoms with E-state index in [0.29, 0.717) is 29.6 Å². The highest BCUT2D eigenvalue weighted by Crippen LogP contribution is 2.30. The fourth-order valence-electron chi connectivity index (χ4n) is 5.75. The number of H-pyrrole nitrogens is 2. The van der Waals surface area contributed by atoms with Gasteiger partial charge in [-0.25, -0.2) is 4.98 Å². The van der Waals surface area contributed by atoms with Crippen molar-refractivity contribution in [3.63, 3.8) is 0 Å². The Kier molecular flexibility index (Phi) is 9.56. The normalized spacial score (nSPS) is 12.2. The van der Waals surface area contributed by atoms with Crippen LogP contribution in [-0.4, -0.2) is 66.2 Å². The number of para-hydroxylation sites is 1. The van der Waals surface area contributed by atoms with Gasteiger partial charge in [-0.2, -0.15) is 5.21 Å². The Balaban J connectivity index is 1.21. The lowest BCUT2D eigenvalue weighted by Gasteiger charge is -2.23. The summed E-state index contributed by atoms with van der Waals surface area (Å²) in [4.78, 5) is 23.4. The molecule has 236 valence electrons. The lowest BCUT2D eigenvalue weighted by atomic mass is 9.98. The van der Waals surface area contributed by atoms with Gasteiger partial charge in [0.1, 0.15) is 18.5 Å². The van der Waals surface area contributed by atoms with Crippen LogP contribution in [0.1, 0.15) is 42.4 Å². The Bertz CT molecular complexity index is 1910. The van der Waals surface area contributed by atoms with E-state index >= 15 is 0 Å². The van der Waals surface area contributed by atoms with Crippen molar-refractivity contribution in [2.24, 2.45) is 0 Å². The number of aryl methyl sites for hydroxylation is 1. The first-order valence-corrected chi connectivity index (χ1v) is 15.8. The first-order chi connectivity index (χ1) is 22.4. The number of imidazole rings is 1. The molecule has 0 bridgehead atoms. The van der Waals surface area contributed by atoms with Crippen LogP contribution in [0.5, 0.6) is 0 Å². The summed E-state index contributed by atoms with van der Waals surface area (Å²) in [5, 5.41) is 16.0. The van der Waals surface area contributed by atoms with Gasteiger partial charge in [-0.05, 0) is 54.0 Å². The van der Waals surface area contributed by atoms with Gasteiger partial charge in [0, 0.05) is 42.0 Å². The third-order valence-electron chi connectivity index (χ3n) is 8.31. The minimum atomic E-state index is -0.461. The number of aromatic nitrogens is 7. The van der Waals surface area contributed by atoms with Crippen molar-refractivity contribution in [3.05, 3.63) is 107 Å². The Morgan fingerprint density at radius 2 is 1.78 bits per heavy atom. The number of carbonyl (C=O) groups excluding carboxylic acids is 1. The van der Waals surface area contributed by atoms with Crippen molar-refractivity contribution < 1.29 is 9.53 Å². The van der Waals surface area contributed by atoms with Crippen molar-refractivity contribution in [1.82, 2.24) is 40.1 Å². The zero-order valence-corrected chi connectivity index (χ0v) is 27.0. The average molecular weight is 637 g/mol. The van der Waals surface area contributed by atoms with E-state index in [4.69, 9.17) is 21.3 Å². The highest BCUT2D eigenvalue weighted by molar-refractivity contribution is 6.30. The number of unbranched alkanes of at least 4 members (excludes halogenated alkanes) is 1. The number of likely N-dealkylation sites (N-methyl/N-ethyl adjacent to an activating group) is 1. The molecule has 6 aromatic rings. The van der Waals surface area contributed by atoms with Crippen LogP contribution in [0.3, 0.4) is 0 Å². The van der Waals surface area contributed by atoms with E-state index in [2.05, 4.69) is 67.4 Å². The Morgan fingerprint density at radius 3 is 2.52 bits per heavy atom. The minimum Gasteiger partial charge on any atom is -0.458 e. The molecule has 1 atom stereocenters. The molecule has 3 heterocycles. The van der Waals surface area contributed by atoms with Crippen molar-refractivity contribution in [1.29, 1.82) is 0 Å². The summed E-state index contributed by atoms with van der Waals surface area (Å²) < 4.78 is 8.05. The van der Waals surface area contributed by atoms with Gasteiger partial charge in [0.25, 0.3) is 0 Å². The molecule has 1 unspecified atom stereocenters. The van der Waals surface area contributed by atoms with Gasteiger partial charge >= 0.3 is 5.97 Å². The lowest BCUT2D eigenvalue weighted by molar-refractivity contribution is -0.150. The van der Waals surface area contributed by atoms with Crippen molar-refractivity contribution in [2.45, 2.75) is 51.8 Å². The Morgan fingerprint density at radius 1 is 1.02 bits per heavy atom. The van der Waals surface area contributed by atoms with E-state index in [9.17, 15) is 4.79 Å². The molecule has 0 fully saturated rings. The molecule has 3 aromatic heterocycles. The molecule has 0 saturated carbocycles. The van der Waals surface area contributed by atoms with Crippen LogP contribution in [-0.2, 0) is 35.5 Å². The number of ether oxygens (including phenoxy) is 1. The SMILES string of the molecule is CCCCc1nc(Cl)c(COC(=O)C(Cc2c[nH]c3ccccc23)N(C)C)n1Cc1ccc(-c2ccccc2-c2nn[nH]n2)cc1. The fourth-order valence-corrected chi connectivity index (χ4v) is 6.01. The summed E-state index contributed by atoms with van der Waals surface area (Å²) in [7, 11) is 3.79. The molecular formula is C35H37ClN8O2. The zero-order valence-electron chi connectivity index (χ0n) is 26.2. The van der Waals surface area contributed by atoms with E-state index in [0.717, 1.165) is 63.8 Å². The van der Waals surface area contributed by atoms with E-state index in [1.54, 1.807) is 0 Å². The molecule has 0 spiro atoms. The maximum atomic E-state index is 13.5. The second-order valence-corrected chi connectivity index (χ2v) is 11.9. The number of hydrogen-bond acceptors (Lipinski definition) is 7. The van der Waals surface area contributed by atoms with Crippen LogP contribution < -0.4 is 0 Å². The molecule has 0 radical (unpaired) electrons. The van der Waals surface area contributed by atoms with Gasteiger partial charge in [0.05, 0.1) is 5.69 Å². The molecule has 0 saturated heterocycles. The lowest BCUT2D eigenvalue weighted by Crippen LogP contribution is -2.39. The van der Waals surface area contributed by atoms with E-state index in [1.807, 2.05) is 67.7 Å². The quantitative estimate of drug-likeness (QED) is 0.140. The topological polar surface area (TPSA) is 118 Å². The molecule has 10 nitrogen and oxygen atoms in total. The minimum absolute atomic E-state index is 0.0329. The highest BCUT2D eigenvalue weighted by atomic mass is 35.5. The molecular weight excluding hydrogens is 600 g/mol. The van der Waals surface area contributed by atoms with Gasteiger partial charge in [-0.1, -0.05) is 91.7 Å². The van der Waals surface area contributed by atoms with E-state index in [-0.39, 0.29) is 12.6 Å². The van der Waals surface area contributed by atoms with E-state index < -0.39 is 6.04 Å². The molecule has 3 aromatic carbocycles. The van der Waals surface area contributed by atoms with Crippen LogP contribution in [0.2, 0.25) is 5.15 Å². The maximum absolute atomic E-state index is 13.5. The second kappa shape index (κ2) is 14.1. The molecule has 0 aliphatic carbocycles. The Labute approximate surface area is 272 Å². The summed E-state index contributed by atoms with van der Waals surface area (Å²) in [5.74, 6) is 1.12. The number of tetrazole rings is 1. The second-order valence-electron chi connectivity index (χ2n) is 11.6. The monoisotopic (exact) mass is 636 g/mol. The number of carbonyl (C=O) groups is 1. The molecule has 11 heteroatoms. The van der Waals surface area contributed by atoms with E-state index in [1.165, 1.54) is 0 Å². The Hall–Kier alpha value is -4.80. The van der Waals surface area contributed by atoms with Gasteiger partial charge in [0.15, 0.2) is 5.15 Å². The van der Waals surface area contributed by atoms with Gasteiger partial charge in [-0.3, -0.25) is 9.69 Å². The summed E-state index contributed by atoms with van der Waals surface area (Å²) in [6, 6.07) is 24.0. The highest BCUT2D eigenvalue weighted by Gasteiger charge is 2.26. The smallest absolute Gasteiger partial charge is 0.324 e. The van der Waals surface area contributed by atoms with Crippen molar-refractivity contribution >= 4 is 28.5 Å². The van der Waals surface area contributed by atoms with Gasteiger partial charge < -0.3 is 14.3 Å². The van der Waals surface area contributed by atoms with Gasteiger partial charge in [-0.15, -0.1) is 10.2 Å². The maximum Gasteiger partial charge on any atom is 0.324 e. The van der Waals surface area contributed by atoms with Gasteiger partial charge in [0.2, 0.25) is 5.82 Å². The van der Waals surface area contributed by atoms with Crippen molar-refractivity contribution in [3.8, 4) is 22.5 Å². The fraction of sp³-hybridized carbons (Fsp3) is 0.286. The van der Waals surface area contributed by atoms with Crippen LogP contribution in [0.25, 0.3) is 33.4 Å². The number of aromatic amines is 2. The number of halogens is 1. The largest absolute Gasteiger partial charge is 0.458 e. The predicted molar refractivity (Wildman–Crippen MR) is 179 cm³/mol. The summed E-state index contributed by atoms with van der Waals surface area (Å²) in [6.45, 7) is 2.73. The zero-order chi connectivity index (χ0) is 32.0. The molecule has 6 rings (SSSR count). The average Bonchev–Trinajstić information content (AvgIpc) is 3.82. The number of benzene rings is 3. The van der Waals surface area contributed by atoms with Crippen LogP contribution in [0.4, 0.5) is 0 Å². The van der Waals surface area contributed by atoms with Crippen LogP contribution >= 0.6 is 11.6 Å². The summed E-state index contributed by atoms with van der Waals surface area (Å²) in [6.07, 6.45) is 5.27. The first-order valence-electron chi connectivity index (χ1n) is 15.5. The van der Waals surface area contributed by atoms with Crippen molar-refractivity contribution in [2.75, 3.05) is 14.1 Å².